The maximum absolute atomic E-state index is 3.81. The molecule has 1 nitrogen and oxygen atoms in total. The molecule has 1 aliphatic rings. The van der Waals surface area contributed by atoms with Crippen LogP contribution in [0.1, 0.15) is 59.8 Å². The molecule has 0 heterocycles. The van der Waals surface area contributed by atoms with Crippen LogP contribution in [-0.2, 0) is 0 Å². The highest BCUT2D eigenvalue weighted by atomic mass is 15.0. The van der Waals surface area contributed by atoms with Crippen molar-refractivity contribution in [1.29, 1.82) is 0 Å². The lowest BCUT2D eigenvalue weighted by molar-refractivity contribution is 0.294. The van der Waals surface area contributed by atoms with Crippen molar-refractivity contribution in [1.82, 2.24) is 5.32 Å². The molecule has 0 spiro atoms. The first kappa shape index (κ1) is 12.0. The predicted octanol–water partition coefficient (Wildman–Crippen LogP) is 3.59. The number of hydrogen-bond acceptors (Lipinski definition) is 1. The maximum Gasteiger partial charge on any atom is 0.00900 e. The van der Waals surface area contributed by atoms with Gasteiger partial charge >= 0.3 is 0 Å². The first-order valence-corrected chi connectivity index (χ1v) is 6.41. The SMILES string of the molecule is CCC(N[C@@H](C)C1CCCC1)C(C)C. The lowest BCUT2D eigenvalue weighted by Crippen LogP contribution is -2.42. The van der Waals surface area contributed by atoms with Crippen LogP contribution in [-0.4, -0.2) is 12.1 Å². The van der Waals surface area contributed by atoms with E-state index in [0.29, 0.717) is 6.04 Å². The van der Waals surface area contributed by atoms with E-state index in [0.717, 1.165) is 17.9 Å². The Morgan fingerprint density at radius 1 is 1.14 bits per heavy atom. The van der Waals surface area contributed by atoms with Gasteiger partial charge in [0.2, 0.25) is 0 Å². The van der Waals surface area contributed by atoms with E-state index < -0.39 is 0 Å². The Bertz CT molecular complexity index is 147. The average Bonchev–Trinajstić information content (AvgIpc) is 2.65. The van der Waals surface area contributed by atoms with E-state index in [-0.39, 0.29) is 0 Å². The van der Waals surface area contributed by atoms with E-state index >= 15 is 0 Å². The van der Waals surface area contributed by atoms with E-state index in [1.165, 1.54) is 32.1 Å². The van der Waals surface area contributed by atoms with E-state index in [2.05, 4.69) is 33.0 Å². The summed E-state index contributed by atoms with van der Waals surface area (Å²) in [6.07, 6.45) is 7.06. The Hall–Kier alpha value is -0.0400. The number of hydrogen-bond donors (Lipinski definition) is 1. The molecule has 0 radical (unpaired) electrons. The van der Waals surface area contributed by atoms with Crippen molar-refractivity contribution in [2.24, 2.45) is 11.8 Å². The molecule has 0 bridgehead atoms. The quantitative estimate of drug-likeness (QED) is 0.710. The van der Waals surface area contributed by atoms with Crippen molar-refractivity contribution >= 4 is 0 Å². The average molecular weight is 197 g/mol. The molecule has 0 amide bonds. The molecule has 1 rings (SSSR count). The van der Waals surface area contributed by atoms with Gasteiger partial charge in [-0.15, -0.1) is 0 Å². The van der Waals surface area contributed by atoms with Gasteiger partial charge in [0, 0.05) is 12.1 Å². The second-order valence-electron chi connectivity index (χ2n) is 5.26. The summed E-state index contributed by atoms with van der Waals surface area (Å²) in [6.45, 7) is 9.31. The Labute approximate surface area is 89.7 Å². The van der Waals surface area contributed by atoms with Crippen molar-refractivity contribution in [3.05, 3.63) is 0 Å². The van der Waals surface area contributed by atoms with Crippen molar-refractivity contribution in [2.45, 2.75) is 71.9 Å². The van der Waals surface area contributed by atoms with Gasteiger partial charge in [-0.3, -0.25) is 0 Å². The summed E-state index contributed by atoms with van der Waals surface area (Å²) in [5, 5.41) is 3.81. The van der Waals surface area contributed by atoms with Gasteiger partial charge in [-0.05, 0) is 38.0 Å². The minimum atomic E-state index is 0.714. The van der Waals surface area contributed by atoms with Crippen LogP contribution in [0.15, 0.2) is 0 Å². The molecule has 1 heteroatoms. The first-order chi connectivity index (χ1) is 6.65. The monoisotopic (exact) mass is 197 g/mol. The molecule has 84 valence electrons. The van der Waals surface area contributed by atoms with Crippen molar-refractivity contribution in [3.63, 3.8) is 0 Å². The molecule has 1 unspecified atom stereocenters. The molecule has 1 saturated carbocycles. The van der Waals surface area contributed by atoms with Crippen LogP contribution in [0, 0.1) is 11.8 Å². The number of nitrogens with one attached hydrogen (secondary N) is 1. The second kappa shape index (κ2) is 5.75. The van der Waals surface area contributed by atoms with Crippen LogP contribution in [0.5, 0.6) is 0 Å². The van der Waals surface area contributed by atoms with Crippen molar-refractivity contribution < 1.29 is 0 Å². The van der Waals surface area contributed by atoms with Gasteiger partial charge in [0.25, 0.3) is 0 Å². The fourth-order valence-electron chi connectivity index (χ4n) is 2.71. The summed E-state index contributed by atoms with van der Waals surface area (Å²) < 4.78 is 0. The van der Waals surface area contributed by atoms with Gasteiger partial charge in [0.15, 0.2) is 0 Å². The largest absolute Gasteiger partial charge is 0.311 e. The van der Waals surface area contributed by atoms with Gasteiger partial charge in [-0.1, -0.05) is 33.6 Å². The summed E-state index contributed by atoms with van der Waals surface area (Å²) >= 11 is 0. The number of rotatable bonds is 5. The molecule has 1 aliphatic carbocycles. The van der Waals surface area contributed by atoms with Crippen LogP contribution in [0.25, 0.3) is 0 Å². The van der Waals surface area contributed by atoms with E-state index in [1.54, 1.807) is 0 Å². The molecule has 0 aromatic heterocycles. The fourth-order valence-corrected chi connectivity index (χ4v) is 2.71. The zero-order chi connectivity index (χ0) is 10.6. The molecule has 1 fully saturated rings. The zero-order valence-electron chi connectivity index (χ0n) is 10.3. The summed E-state index contributed by atoms with van der Waals surface area (Å²) in [5.74, 6) is 1.71. The van der Waals surface area contributed by atoms with E-state index in [9.17, 15) is 0 Å². The molecule has 0 aromatic rings. The normalized spacial score (nSPS) is 22.9. The predicted molar refractivity (Wildman–Crippen MR) is 63.5 cm³/mol. The summed E-state index contributed by atoms with van der Waals surface area (Å²) in [5.41, 5.74) is 0. The lowest BCUT2D eigenvalue weighted by Gasteiger charge is -2.28. The van der Waals surface area contributed by atoms with Gasteiger partial charge < -0.3 is 5.32 Å². The van der Waals surface area contributed by atoms with Crippen LogP contribution in [0.4, 0.5) is 0 Å². The summed E-state index contributed by atoms with van der Waals surface area (Å²) in [7, 11) is 0. The molecule has 0 saturated heterocycles. The summed E-state index contributed by atoms with van der Waals surface area (Å²) in [4.78, 5) is 0. The molecular weight excluding hydrogens is 170 g/mol. The second-order valence-corrected chi connectivity index (χ2v) is 5.26. The third-order valence-corrected chi connectivity index (χ3v) is 3.83. The smallest absolute Gasteiger partial charge is 0.00900 e. The highest BCUT2D eigenvalue weighted by Gasteiger charge is 2.23. The van der Waals surface area contributed by atoms with Crippen molar-refractivity contribution in [2.75, 3.05) is 0 Å². The first-order valence-electron chi connectivity index (χ1n) is 6.41. The van der Waals surface area contributed by atoms with Gasteiger partial charge in [-0.25, -0.2) is 0 Å². The molecule has 0 aliphatic heterocycles. The Morgan fingerprint density at radius 2 is 1.71 bits per heavy atom. The van der Waals surface area contributed by atoms with E-state index in [4.69, 9.17) is 0 Å². The van der Waals surface area contributed by atoms with Crippen LogP contribution in [0.2, 0.25) is 0 Å². The molecular formula is C13H27N. The molecule has 0 aromatic carbocycles. The molecule has 14 heavy (non-hydrogen) atoms. The topological polar surface area (TPSA) is 12.0 Å². The third kappa shape index (κ3) is 3.27. The van der Waals surface area contributed by atoms with E-state index in [1.807, 2.05) is 0 Å². The maximum atomic E-state index is 3.81. The van der Waals surface area contributed by atoms with Crippen LogP contribution in [0.3, 0.4) is 0 Å². The Kier molecular flexibility index (Phi) is 4.94. The van der Waals surface area contributed by atoms with Crippen LogP contribution < -0.4 is 5.32 Å². The standard InChI is InChI=1S/C13H27N/c1-5-13(10(2)3)14-11(4)12-8-6-7-9-12/h10-14H,5-9H2,1-4H3/t11-,13?/m0/s1. The zero-order valence-corrected chi connectivity index (χ0v) is 10.3. The Morgan fingerprint density at radius 3 is 2.14 bits per heavy atom. The molecule has 1 N–H and O–H groups in total. The minimum absolute atomic E-state index is 0.714. The van der Waals surface area contributed by atoms with Crippen molar-refractivity contribution in [3.8, 4) is 0 Å². The van der Waals surface area contributed by atoms with Gasteiger partial charge in [0.05, 0.1) is 0 Å². The fraction of sp³-hybridized carbons (Fsp3) is 1.00. The van der Waals surface area contributed by atoms with Gasteiger partial charge in [0.1, 0.15) is 0 Å². The third-order valence-electron chi connectivity index (χ3n) is 3.83. The van der Waals surface area contributed by atoms with Crippen LogP contribution >= 0.6 is 0 Å². The minimum Gasteiger partial charge on any atom is -0.311 e. The Balaban J connectivity index is 2.33. The lowest BCUT2D eigenvalue weighted by atomic mass is 9.95. The highest BCUT2D eigenvalue weighted by Crippen LogP contribution is 2.28. The highest BCUT2D eigenvalue weighted by molar-refractivity contribution is 4.81. The van der Waals surface area contributed by atoms with Gasteiger partial charge in [-0.2, -0.15) is 0 Å². The molecule has 2 atom stereocenters. The summed E-state index contributed by atoms with van der Waals surface area (Å²) in [6, 6.07) is 1.44.